The molecule has 0 aliphatic carbocycles. The van der Waals surface area contributed by atoms with Gasteiger partial charge in [-0.2, -0.15) is 0 Å². The Balaban J connectivity index is 0.00000264. The Morgan fingerprint density at radius 2 is 1.87 bits per heavy atom. The van der Waals surface area contributed by atoms with Crippen molar-refractivity contribution in [2.24, 2.45) is 0 Å². The third-order valence-electron chi connectivity index (χ3n) is 3.28. The third kappa shape index (κ3) is 6.05. The van der Waals surface area contributed by atoms with E-state index in [9.17, 15) is 0 Å². The molecule has 0 aliphatic rings. The van der Waals surface area contributed by atoms with Crippen LogP contribution in [-0.4, -0.2) is 13.7 Å². The molecule has 23 heavy (non-hydrogen) atoms. The highest BCUT2D eigenvalue weighted by atomic mass is 79.9. The molecule has 5 heteroatoms. The van der Waals surface area contributed by atoms with E-state index in [0.717, 1.165) is 46.6 Å². The summed E-state index contributed by atoms with van der Waals surface area (Å²) in [7, 11) is 1.67. The van der Waals surface area contributed by atoms with E-state index in [0.29, 0.717) is 6.61 Å². The van der Waals surface area contributed by atoms with Crippen LogP contribution in [0.15, 0.2) is 46.9 Å². The van der Waals surface area contributed by atoms with Crippen LogP contribution < -0.4 is 14.8 Å². The van der Waals surface area contributed by atoms with Crippen LogP contribution >= 0.6 is 28.3 Å². The molecule has 0 spiro atoms. The molecule has 2 rings (SSSR count). The topological polar surface area (TPSA) is 30.5 Å². The van der Waals surface area contributed by atoms with Crippen LogP contribution in [0.5, 0.6) is 11.5 Å². The highest BCUT2D eigenvalue weighted by Crippen LogP contribution is 2.35. The predicted octanol–water partition coefficient (Wildman–Crippen LogP) is 4.96. The van der Waals surface area contributed by atoms with E-state index in [-0.39, 0.29) is 12.4 Å². The van der Waals surface area contributed by atoms with E-state index in [2.05, 4.69) is 46.4 Å². The van der Waals surface area contributed by atoms with Crippen LogP contribution in [0.4, 0.5) is 0 Å². The quantitative estimate of drug-likeness (QED) is 0.635. The third-order valence-corrected chi connectivity index (χ3v) is 3.74. The Morgan fingerprint density at radius 1 is 1.13 bits per heavy atom. The van der Waals surface area contributed by atoms with Gasteiger partial charge in [-0.15, -0.1) is 12.4 Å². The van der Waals surface area contributed by atoms with Crippen LogP contribution in [0.2, 0.25) is 0 Å². The maximum Gasteiger partial charge on any atom is 0.166 e. The summed E-state index contributed by atoms with van der Waals surface area (Å²) in [5.41, 5.74) is 2.23. The van der Waals surface area contributed by atoms with Crippen LogP contribution in [0.3, 0.4) is 0 Å². The molecule has 0 saturated carbocycles. The molecule has 0 atom stereocenters. The Kier molecular flexibility index (Phi) is 9.07. The molecule has 2 aromatic carbocycles. The van der Waals surface area contributed by atoms with Crippen molar-refractivity contribution in [3.05, 3.63) is 58.1 Å². The summed E-state index contributed by atoms with van der Waals surface area (Å²) in [4.78, 5) is 0. The summed E-state index contributed by atoms with van der Waals surface area (Å²) in [6.07, 6.45) is 1.10. The van der Waals surface area contributed by atoms with Gasteiger partial charge in [0.2, 0.25) is 0 Å². The molecule has 0 bridgehead atoms. The summed E-state index contributed by atoms with van der Waals surface area (Å²) >= 11 is 3.53. The smallest absolute Gasteiger partial charge is 0.166 e. The first-order valence-electron chi connectivity index (χ1n) is 7.48. The van der Waals surface area contributed by atoms with Crippen LogP contribution in [0, 0.1) is 0 Å². The molecule has 0 fully saturated rings. The van der Waals surface area contributed by atoms with Gasteiger partial charge in [-0.05, 0) is 30.7 Å². The molecular formula is C18H23BrClNO2. The summed E-state index contributed by atoms with van der Waals surface area (Å²) in [6, 6.07) is 14.2. The average molecular weight is 401 g/mol. The number of rotatable bonds is 8. The Morgan fingerprint density at radius 3 is 2.52 bits per heavy atom. The fraction of sp³-hybridized carbons (Fsp3) is 0.333. The van der Waals surface area contributed by atoms with E-state index < -0.39 is 0 Å². The average Bonchev–Trinajstić information content (AvgIpc) is 2.54. The Bertz CT molecular complexity index is 593. The number of ether oxygens (including phenoxy) is 2. The monoisotopic (exact) mass is 399 g/mol. The van der Waals surface area contributed by atoms with Gasteiger partial charge in [0, 0.05) is 16.6 Å². The standard InChI is InChI=1S/C18H22BrNO2.ClH/c1-3-9-20-12-15-10-16(19)11-17(21-2)18(15)22-13-14-7-5-4-6-8-14;/h4-8,10-11,20H,3,9,12-13H2,1-2H3;1H. The molecule has 0 unspecified atom stereocenters. The highest BCUT2D eigenvalue weighted by molar-refractivity contribution is 9.10. The van der Waals surface area contributed by atoms with Crippen molar-refractivity contribution in [3.63, 3.8) is 0 Å². The molecule has 3 nitrogen and oxygen atoms in total. The predicted molar refractivity (Wildman–Crippen MR) is 101 cm³/mol. The summed E-state index contributed by atoms with van der Waals surface area (Å²) < 4.78 is 12.5. The number of halogens is 2. The van der Waals surface area contributed by atoms with Gasteiger partial charge < -0.3 is 14.8 Å². The second-order valence-corrected chi connectivity index (χ2v) is 5.96. The van der Waals surface area contributed by atoms with Crippen molar-refractivity contribution >= 4 is 28.3 Å². The first-order valence-corrected chi connectivity index (χ1v) is 8.27. The number of methoxy groups -OCH3 is 1. The lowest BCUT2D eigenvalue weighted by Crippen LogP contribution is -2.15. The van der Waals surface area contributed by atoms with Gasteiger partial charge in [0.15, 0.2) is 11.5 Å². The zero-order chi connectivity index (χ0) is 15.8. The fourth-order valence-electron chi connectivity index (χ4n) is 2.20. The number of hydrogen-bond donors (Lipinski definition) is 1. The Hall–Kier alpha value is -1.23. The zero-order valence-electron chi connectivity index (χ0n) is 13.5. The summed E-state index contributed by atoms with van der Waals surface area (Å²) in [5.74, 6) is 1.55. The molecule has 0 heterocycles. The van der Waals surface area contributed by atoms with Crippen molar-refractivity contribution in [1.29, 1.82) is 0 Å². The van der Waals surface area contributed by atoms with Gasteiger partial charge in [0.1, 0.15) is 6.61 Å². The normalized spacial score (nSPS) is 10.0. The van der Waals surface area contributed by atoms with Gasteiger partial charge in [0.05, 0.1) is 7.11 Å². The number of nitrogens with one attached hydrogen (secondary N) is 1. The van der Waals surface area contributed by atoms with E-state index in [1.165, 1.54) is 0 Å². The molecule has 0 amide bonds. The van der Waals surface area contributed by atoms with Crippen LogP contribution in [-0.2, 0) is 13.2 Å². The lowest BCUT2D eigenvalue weighted by Gasteiger charge is -2.16. The summed E-state index contributed by atoms with van der Waals surface area (Å²) in [6.45, 7) is 4.42. The molecular weight excluding hydrogens is 378 g/mol. The molecule has 2 aromatic rings. The van der Waals surface area contributed by atoms with Crippen molar-refractivity contribution in [1.82, 2.24) is 5.32 Å². The lowest BCUT2D eigenvalue weighted by atomic mass is 10.1. The maximum atomic E-state index is 6.05. The minimum Gasteiger partial charge on any atom is -0.493 e. The fourth-order valence-corrected chi connectivity index (χ4v) is 2.68. The lowest BCUT2D eigenvalue weighted by molar-refractivity contribution is 0.280. The maximum absolute atomic E-state index is 6.05. The number of hydrogen-bond acceptors (Lipinski definition) is 3. The van der Waals surface area contributed by atoms with Crippen molar-refractivity contribution in [2.45, 2.75) is 26.5 Å². The zero-order valence-corrected chi connectivity index (χ0v) is 15.9. The molecule has 0 aliphatic heterocycles. The molecule has 0 aromatic heterocycles. The van der Waals surface area contributed by atoms with Crippen molar-refractivity contribution in [2.75, 3.05) is 13.7 Å². The molecule has 0 radical (unpaired) electrons. The SMILES string of the molecule is CCCNCc1cc(Br)cc(OC)c1OCc1ccccc1.Cl. The van der Waals surface area contributed by atoms with Gasteiger partial charge in [-0.1, -0.05) is 53.2 Å². The second kappa shape index (κ2) is 10.5. The highest BCUT2D eigenvalue weighted by Gasteiger charge is 2.13. The minimum atomic E-state index is 0. The van der Waals surface area contributed by atoms with Gasteiger partial charge in [-0.3, -0.25) is 0 Å². The second-order valence-electron chi connectivity index (χ2n) is 5.05. The van der Waals surface area contributed by atoms with Gasteiger partial charge >= 0.3 is 0 Å². The van der Waals surface area contributed by atoms with E-state index in [1.807, 2.05) is 24.3 Å². The molecule has 126 valence electrons. The first kappa shape index (κ1) is 19.8. The first-order chi connectivity index (χ1) is 10.7. The molecule has 1 N–H and O–H groups in total. The number of benzene rings is 2. The van der Waals surface area contributed by atoms with Gasteiger partial charge in [0.25, 0.3) is 0 Å². The molecule has 0 saturated heterocycles. The van der Waals surface area contributed by atoms with Crippen molar-refractivity contribution in [3.8, 4) is 11.5 Å². The van der Waals surface area contributed by atoms with Gasteiger partial charge in [-0.25, -0.2) is 0 Å². The van der Waals surface area contributed by atoms with Crippen molar-refractivity contribution < 1.29 is 9.47 Å². The minimum absolute atomic E-state index is 0. The van der Waals surface area contributed by atoms with Crippen LogP contribution in [0.1, 0.15) is 24.5 Å². The van der Waals surface area contributed by atoms with E-state index in [1.54, 1.807) is 7.11 Å². The largest absolute Gasteiger partial charge is 0.493 e. The summed E-state index contributed by atoms with van der Waals surface area (Å²) in [5, 5.41) is 3.41. The van der Waals surface area contributed by atoms with Crippen LogP contribution in [0.25, 0.3) is 0 Å². The Labute approximate surface area is 152 Å². The van der Waals surface area contributed by atoms with E-state index in [4.69, 9.17) is 9.47 Å². The van der Waals surface area contributed by atoms with E-state index >= 15 is 0 Å².